The molecule has 0 aliphatic heterocycles. The van der Waals surface area contributed by atoms with E-state index in [4.69, 9.17) is 0 Å². The molecule has 0 aromatic carbocycles. The van der Waals surface area contributed by atoms with Gasteiger partial charge in [0.2, 0.25) is 5.91 Å². The Bertz CT molecular complexity index is 506. The van der Waals surface area contributed by atoms with Crippen molar-refractivity contribution in [2.45, 2.75) is 50.6 Å². The summed E-state index contributed by atoms with van der Waals surface area (Å²) >= 11 is 1.26. The quantitative estimate of drug-likeness (QED) is 0.819. The van der Waals surface area contributed by atoms with Gasteiger partial charge in [-0.1, -0.05) is 11.8 Å². The second kappa shape index (κ2) is 6.25. The molecule has 2 N–H and O–H groups in total. The van der Waals surface area contributed by atoms with E-state index in [1.54, 1.807) is 11.5 Å². The Labute approximate surface area is 122 Å². The molecule has 1 atom stereocenters. The zero-order valence-corrected chi connectivity index (χ0v) is 13.5. The van der Waals surface area contributed by atoms with Gasteiger partial charge in [-0.15, -0.1) is 10.2 Å². The lowest BCUT2D eigenvalue weighted by atomic mass is 10.1. The molecular weight excluding hydrogens is 278 g/mol. The van der Waals surface area contributed by atoms with E-state index in [1.165, 1.54) is 11.8 Å². The first-order valence-electron chi connectivity index (χ1n) is 6.26. The van der Waals surface area contributed by atoms with E-state index in [0.29, 0.717) is 5.16 Å². The summed E-state index contributed by atoms with van der Waals surface area (Å²) in [6, 6.07) is -0.496. The minimum Gasteiger partial charge on any atom is -0.333 e. The van der Waals surface area contributed by atoms with Crippen molar-refractivity contribution < 1.29 is 9.59 Å². The van der Waals surface area contributed by atoms with Crippen molar-refractivity contribution in [3.8, 4) is 0 Å². The molecule has 0 saturated heterocycles. The highest BCUT2D eigenvalue weighted by molar-refractivity contribution is 8.00. The average molecular weight is 299 g/mol. The van der Waals surface area contributed by atoms with Crippen molar-refractivity contribution in [2.24, 2.45) is 7.05 Å². The van der Waals surface area contributed by atoms with E-state index < -0.39 is 11.3 Å². The van der Waals surface area contributed by atoms with Gasteiger partial charge in [0.25, 0.3) is 0 Å². The van der Waals surface area contributed by atoms with Gasteiger partial charge in [0, 0.05) is 12.6 Å². The smallest absolute Gasteiger partial charge is 0.321 e. The van der Waals surface area contributed by atoms with E-state index in [2.05, 4.69) is 20.8 Å². The zero-order valence-electron chi connectivity index (χ0n) is 12.6. The molecule has 0 fully saturated rings. The SMILES string of the molecule is Cc1nnc(S[C@@H](C)C(=O)NC(=O)NC(C)(C)C)n1C. The molecule has 1 aromatic heterocycles. The second-order valence-corrected chi connectivity index (χ2v) is 6.85. The Morgan fingerprint density at radius 1 is 1.30 bits per heavy atom. The van der Waals surface area contributed by atoms with E-state index >= 15 is 0 Å². The van der Waals surface area contributed by atoms with Crippen molar-refractivity contribution in [3.63, 3.8) is 0 Å². The third-order valence-electron chi connectivity index (χ3n) is 2.43. The third kappa shape index (κ3) is 4.84. The number of carbonyl (C=O) groups is 2. The fraction of sp³-hybridized carbons (Fsp3) is 0.667. The van der Waals surface area contributed by atoms with Gasteiger partial charge in [0.15, 0.2) is 5.16 Å². The molecule has 0 spiro atoms. The highest BCUT2D eigenvalue weighted by Crippen LogP contribution is 2.21. The summed E-state index contributed by atoms with van der Waals surface area (Å²) in [6.07, 6.45) is 0. The molecule has 8 heteroatoms. The van der Waals surface area contributed by atoms with Gasteiger partial charge in [-0.3, -0.25) is 10.1 Å². The predicted octanol–water partition coefficient (Wildman–Crippen LogP) is 1.23. The summed E-state index contributed by atoms with van der Waals surface area (Å²) < 4.78 is 1.80. The maximum Gasteiger partial charge on any atom is 0.321 e. The molecule has 112 valence electrons. The first-order valence-corrected chi connectivity index (χ1v) is 7.14. The van der Waals surface area contributed by atoms with Crippen LogP contribution in [0.1, 0.15) is 33.5 Å². The number of hydrogen-bond acceptors (Lipinski definition) is 5. The molecular formula is C12H21N5O2S. The Morgan fingerprint density at radius 2 is 1.90 bits per heavy atom. The van der Waals surface area contributed by atoms with Gasteiger partial charge < -0.3 is 9.88 Å². The Kier molecular flexibility index (Phi) is 5.15. The van der Waals surface area contributed by atoms with Crippen molar-refractivity contribution in [1.29, 1.82) is 0 Å². The number of thioether (sulfide) groups is 1. The number of amides is 3. The van der Waals surface area contributed by atoms with Crippen molar-refractivity contribution in [2.75, 3.05) is 0 Å². The highest BCUT2D eigenvalue weighted by atomic mass is 32.2. The minimum atomic E-state index is -0.496. The third-order valence-corrected chi connectivity index (χ3v) is 3.56. The van der Waals surface area contributed by atoms with Crippen LogP contribution in [-0.2, 0) is 11.8 Å². The topological polar surface area (TPSA) is 88.9 Å². The van der Waals surface area contributed by atoms with Crippen LogP contribution in [0, 0.1) is 6.92 Å². The van der Waals surface area contributed by atoms with Crippen molar-refractivity contribution in [1.82, 2.24) is 25.4 Å². The number of aromatic nitrogens is 3. The molecule has 0 unspecified atom stereocenters. The Hall–Kier alpha value is -1.57. The van der Waals surface area contributed by atoms with E-state index in [0.717, 1.165) is 5.82 Å². The number of hydrogen-bond donors (Lipinski definition) is 2. The van der Waals surface area contributed by atoms with Crippen LogP contribution in [0.25, 0.3) is 0 Å². The first kappa shape index (κ1) is 16.5. The fourth-order valence-electron chi connectivity index (χ4n) is 1.29. The zero-order chi connectivity index (χ0) is 15.5. The van der Waals surface area contributed by atoms with Crippen LogP contribution in [0.3, 0.4) is 0 Å². The monoisotopic (exact) mass is 299 g/mol. The largest absolute Gasteiger partial charge is 0.333 e. The Balaban J connectivity index is 2.55. The molecule has 0 bridgehead atoms. The molecule has 0 radical (unpaired) electrons. The van der Waals surface area contributed by atoms with Crippen LogP contribution in [0.2, 0.25) is 0 Å². The van der Waals surface area contributed by atoms with Crippen molar-refractivity contribution in [3.05, 3.63) is 5.82 Å². The number of carbonyl (C=O) groups excluding carboxylic acids is 2. The molecule has 20 heavy (non-hydrogen) atoms. The normalized spacial score (nSPS) is 12.9. The number of aryl methyl sites for hydroxylation is 1. The molecule has 1 aromatic rings. The number of rotatable bonds is 3. The van der Waals surface area contributed by atoms with E-state index in [1.807, 2.05) is 34.7 Å². The van der Waals surface area contributed by atoms with Crippen molar-refractivity contribution >= 4 is 23.7 Å². The van der Waals surface area contributed by atoms with Crippen LogP contribution in [0.5, 0.6) is 0 Å². The number of urea groups is 1. The average Bonchev–Trinajstić information content (AvgIpc) is 2.58. The lowest BCUT2D eigenvalue weighted by molar-refractivity contribution is -0.119. The number of nitrogens with zero attached hydrogens (tertiary/aromatic N) is 3. The lowest BCUT2D eigenvalue weighted by Gasteiger charge is -2.21. The highest BCUT2D eigenvalue weighted by Gasteiger charge is 2.21. The summed E-state index contributed by atoms with van der Waals surface area (Å²) in [4.78, 5) is 23.5. The lowest BCUT2D eigenvalue weighted by Crippen LogP contribution is -2.49. The van der Waals surface area contributed by atoms with Gasteiger partial charge in [-0.05, 0) is 34.6 Å². The van der Waals surface area contributed by atoms with Gasteiger partial charge >= 0.3 is 6.03 Å². The molecule has 1 rings (SSSR count). The standard InChI is InChI=1S/C12H21N5O2S/c1-7(20-11-16-15-8(2)17(11)6)9(18)13-10(19)14-12(3,4)5/h7H,1-6H3,(H2,13,14,18,19)/t7-/m0/s1. The predicted molar refractivity (Wildman–Crippen MR) is 77.5 cm³/mol. The van der Waals surface area contributed by atoms with Gasteiger partial charge in [0.1, 0.15) is 5.82 Å². The summed E-state index contributed by atoms with van der Waals surface area (Å²) in [5.41, 5.74) is -0.387. The summed E-state index contributed by atoms with van der Waals surface area (Å²) in [5, 5.41) is 13.1. The number of nitrogens with one attached hydrogen (secondary N) is 2. The van der Waals surface area contributed by atoms with Gasteiger partial charge in [-0.2, -0.15) is 0 Å². The molecule has 0 saturated carbocycles. The van der Waals surface area contributed by atoms with Crippen LogP contribution >= 0.6 is 11.8 Å². The summed E-state index contributed by atoms with van der Waals surface area (Å²) in [7, 11) is 1.83. The fourth-order valence-corrected chi connectivity index (χ4v) is 2.15. The molecule has 0 aliphatic rings. The van der Waals surface area contributed by atoms with Crippen LogP contribution < -0.4 is 10.6 Å². The maximum atomic E-state index is 11.9. The molecule has 3 amide bonds. The summed E-state index contributed by atoms with van der Waals surface area (Å²) in [5.74, 6) is 0.406. The first-order chi connectivity index (χ1) is 9.10. The van der Waals surface area contributed by atoms with Crippen LogP contribution in [0.4, 0.5) is 4.79 Å². The van der Waals surface area contributed by atoms with Gasteiger partial charge in [0.05, 0.1) is 5.25 Å². The molecule has 1 heterocycles. The van der Waals surface area contributed by atoms with Gasteiger partial charge in [-0.25, -0.2) is 4.79 Å². The molecule has 0 aliphatic carbocycles. The Morgan fingerprint density at radius 3 is 2.35 bits per heavy atom. The summed E-state index contributed by atoms with van der Waals surface area (Å²) in [6.45, 7) is 9.08. The van der Waals surface area contributed by atoms with Crippen LogP contribution in [0.15, 0.2) is 5.16 Å². The maximum absolute atomic E-state index is 11.9. The van der Waals surface area contributed by atoms with E-state index in [9.17, 15) is 9.59 Å². The molecule has 7 nitrogen and oxygen atoms in total. The number of imide groups is 1. The second-order valence-electron chi connectivity index (χ2n) is 5.54. The van der Waals surface area contributed by atoms with Crippen LogP contribution in [-0.4, -0.2) is 37.5 Å². The minimum absolute atomic E-state index is 0.364. The van der Waals surface area contributed by atoms with E-state index in [-0.39, 0.29) is 11.4 Å².